The molecule has 0 aliphatic heterocycles. The SMILES string of the molecule is CCC12CCC(c3ccc(C#N)c(Cl)c3)(CC1)CC2. The first-order chi connectivity index (χ1) is 9.13. The highest BCUT2D eigenvalue weighted by molar-refractivity contribution is 6.31. The number of rotatable bonds is 2. The molecule has 0 spiro atoms. The Labute approximate surface area is 120 Å². The molecule has 3 aliphatic carbocycles. The van der Waals surface area contributed by atoms with E-state index in [9.17, 15) is 0 Å². The maximum Gasteiger partial charge on any atom is 0.101 e. The van der Waals surface area contributed by atoms with E-state index in [0.29, 0.717) is 21.4 Å². The summed E-state index contributed by atoms with van der Waals surface area (Å²) in [6.45, 7) is 2.34. The van der Waals surface area contributed by atoms with Crippen LogP contribution in [-0.4, -0.2) is 0 Å². The molecule has 1 nitrogen and oxygen atoms in total. The van der Waals surface area contributed by atoms with Gasteiger partial charge in [0.1, 0.15) is 6.07 Å². The van der Waals surface area contributed by atoms with E-state index in [1.165, 1.54) is 50.5 Å². The number of benzene rings is 1. The second-order valence-electron chi connectivity index (χ2n) is 6.44. The van der Waals surface area contributed by atoms with Gasteiger partial charge in [0.25, 0.3) is 0 Å². The average molecular weight is 274 g/mol. The molecular weight excluding hydrogens is 254 g/mol. The monoisotopic (exact) mass is 273 g/mol. The van der Waals surface area contributed by atoms with Gasteiger partial charge >= 0.3 is 0 Å². The summed E-state index contributed by atoms with van der Waals surface area (Å²) in [6.07, 6.45) is 9.30. The minimum atomic E-state index is 0.342. The topological polar surface area (TPSA) is 23.8 Å². The zero-order valence-electron chi connectivity index (χ0n) is 11.5. The van der Waals surface area contributed by atoms with Crippen molar-refractivity contribution in [1.82, 2.24) is 0 Å². The summed E-state index contributed by atoms with van der Waals surface area (Å²) in [5.41, 5.74) is 2.93. The van der Waals surface area contributed by atoms with Gasteiger partial charge in [-0.2, -0.15) is 5.26 Å². The summed E-state index contributed by atoms with van der Waals surface area (Å²) in [7, 11) is 0. The van der Waals surface area contributed by atoms with Crippen molar-refractivity contribution >= 4 is 11.6 Å². The van der Waals surface area contributed by atoms with E-state index in [-0.39, 0.29) is 0 Å². The van der Waals surface area contributed by atoms with Crippen molar-refractivity contribution in [3.8, 4) is 6.07 Å². The minimum absolute atomic E-state index is 0.342. The second kappa shape index (κ2) is 4.53. The van der Waals surface area contributed by atoms with Crippen LogP contribution < -0.4 is 0 Å². The third-order valence-electron chi connectivity index (χ3n) is 5.85. The Morgan fingerprint density at radius 1 is 1.16 bits per heavy atom. The van der Waals surface area contributed by atoms with Crippen molar-refractivity contribution < 1.29 is 0 Å². The smallest absolute Gasteiger partial charge is 0.101 e. The molecule has 0 amide bonds. The summed E-state index contributed by atoms with van der Waals surface area (Å²) in [5.74, 6) is 0. The van der Waals surface area contributed by atoms with Gasteiger partial charge in [-0.15, -0.1) is 0 Å². The molecule has 0 N–H and O–H groups in total. The number of hydrogen-bond acceptors (Lipinski definition) is 1. The highest BCUT2D eigenvalue weighted by Crippen LogP contribution is 2.59. The maximum atomic E-state index is 8.98. The third kappa shape index (κ3) is 1.98. The van der Waals surface area contributed by atoms with Crippen LogP contribution in [0, 0.1) is 16.7 Å². The number of nitrogens with zero attached hydrogens (tertiary/aromatic N) is 1. The van der Waals surface area contributed by atoms with Crippen molar-refractivity contribution in [2.45, 2.75) is 57.3 Å². The van der Waals surface area contributed by atoms with E-state index in [2.05, 4.69) is 19.1 Å². The summed E-state index contributed by atoms with van der Waals surface area (Å²) < 4.78 is 0. The molecule has 1 aromatic carbocycles. The molecule has 3 fully saturated rings. The van der Waals surface area contributed by atoms with Crippen molar-refractivity contribution in [2.24, 2.45) is 5.41 Å². The van der Waals surface area contributed by atoms with Crippen LogP contribution in [0.3, 0.4) is 0 Å². The summed E-state index contributed by atoms with van der Waals surface area (Å²) in [4.78, 5) is 0. The van der Waals surface area contributed by atoms with E-state index in [4.69, 9.17) is 16.9 Å². The van der Waals surface area contributed by atoms with Crippen LogP contribution in [0.4, 0.5) is 0 Å². The molecule has 3 aliphatic rings. The zero-order chi connectivity index (χ0) is 13.5. The van der Waals surface area contributed by atoms with Crippen molar-refractivity contribution in [1.29, 1.82) is 5.26 Å². The fourth-order valence-electron chi connectivity index (χ4n) is 4.16. The molecule has 0 unspecified atom stereocenters. The zero-order valence-corrected chi connectivity index (χ0v) is 12.3. The van der Waals surface area contributed by atoms with Crippen LogP contribution in [0.5, 0.6) is 0 Å². The fraction of sp³-hybridized carbons (Fsp3) is 0.588. The first-order valence-corrected chi connectivity index (χ1v) is 7.71. The maximum absolute atomic E-state index is 8.98. The van der Waals surface area contributed by atoms with Gasteiger partial charge < -0.3 is 0 Å². The van der Waals surface area contributed by atoms with Crippen molar-refractivity contribution in [2.75, 3.05) is 0 Å². The average Bonchev–Trinajstić information content (AvgIpc) is 2.49. The first kappa shape index (κ1) is 13.0. The Balaban J connectivity index is 1.92. The van der Waals surface area contributed by atoms with Gasteiger partial charge in [-0.1, -0.05) is 31.0 Å². The van der Waals surface area contributed by atoms with E-state index in [1.807, 2.05) is 12.1 Å². The molecule has 0 radical (unpaired) electrons. The van der Waals surface area contributed by atoms with E-state index in [0.717, 1.165) is 0 Å². The van der Waals surface area contributed by atoms with Gasteiger partial charge in [0.05, 0.1) is 10.6 Å². The van der Waals surface area contributed by atoms with E-state index >= 15 is 0 Å². The molecule has 0 atom stereocenters. The molecule has 4 rings (SSSR count). The Hall–Kier alpha value is -1.00. The largest absolute Gasteiger partial charge is 0.192 e. The van der Waals surface area contributed by atoms with Gasteiger partial charge in [0.2, 0.25) is 0 Å². The number of hydrogen-bond donors (Lipinski definition) is 0. The predicted molar refractivity (Wildman–Crippen MR) is 78.3 cm³/mol. The summed E-state index contributed by atoms with van der Waals surface area (Å²) in [6, 6.07) is 8.22. The third-order valence-corrected chi connectivity index (χ3v) is 6.17. The lowest BCUT2D eigenvalue weighted by molar-refractivity contribution is 0.0367. The number of halogens is 1. The van der Waals surface area contributed by atoms with Crippen molar-refractivity contribution in [3.63, 3.8) is 0 Å². The van der Waals surface area contributed by atoms with Crippen molar-refractivity contribution in [3.05, 3.63) is 34.3 Å². The lowest BCUT2D eigenvalue weighted by Crippen LogP contribution is -2.43. The highest BCUT2D eigenvalue weighted by Gasteiger charge is 2.48. The summed E-state index contributed by atoms with van der Waals surface area (Å²) in [5, 5.41) is 9.60. The predicted octanol–water partition coefficient (Wildman–Crippen LogP) is 5.21. The van der Waals surface area contributed by atoms with Crippen LogP contribution in [0.1, 0.15) is 63.0 Å². The van der Waals surface area contributed by atoms with Crippen LogP contribution >= 0.6 is 11.6 Å². The first-order valence-electron chi connectivity index (χ1n) is 7.33. The Morgan fingerprint density at radius 2 is 1.79 bits per heavy atom. The Kier molecular flexibility index (Phi) is 3.10. The van der Waals surface area contributed by atoms with Crippen LogP contribution in [0.15, 0.2) is 18.2 Å². The molecule has 100 valence electrons. The highest BCUT2D eigenvalue weighted by atomic mass is 35.5. The quantitative estimate of drug-likeness (QED) is 0.725. The molecule has 2 bridgehead atoms. The molecule has 2 heteroatoms. The summed E-state index contributed by atoms with van der Waals surface area (Å²) >= 11 is 6.21. The van der Waals surface area contributed by atoms with Gasteiger partial charge in [0.15, 0.2) is 0 Å². The lowest BCUT2D eigenvalue weighted by atomic mass is 9.51. The van der Waals surface area contributed by atoms with Gasteiger partial charge in [-0.25, -0.2) is 0 Å². The number of nitriles is 1. The Morgan fingerprint density at radius 3 is 2.26 bits per heavy atom. The van der Waals surface area contributed by atoms with Crippen LogP contribution in [0.2, 0.25) is 5.02 Å². The molecule has 3 saturated carbocycles. The molecule has 0 heterocycles. The molecule has 0 aromatic heterocycles. The van der Waals surface area contributed by atoms with Gasteiger partial charge in [0, 0.05) is 0 Å². The number of fused-ring (bicyclic) bond motifs is 3. The molecule has 19 heavy (non-hydrogen) atoms. The standard InChI is InChI=1S/C17H20ClN/c1-2-16-5-8-17(9-6-16,10-7-16)14-4-3-13(12-19)15(18)11-14/h3-4,11H,2,5-10H2,1H3. The molecule has 0 saturated heterocycles. The fourth-order valence-corrected chi connectivity index (χ4v) is 4.39. The Bertz CT molecular complexity index is 516. The van der Waals surface area contributed by atoms with Gasteiger partial charge in [-0.3, -0.25) is 0 Å². The second-order valence-corrected chi connectivity index (χ2v) is 6.85. The minimum Gasteiger partial charge on any atom is -0.192 e. The van der Waals surface area contributed by atoms with Crippen LogP contribution in [0.25, 0.3) is 0 Å². The normalized spacial score (nSPS) is 33.1. The molecule has 1 aromatic rings. The molecular formula is C17H20ClN. The van der Waals surface area contributed by atoms with E-state index in [1.54, 1.807) is 0 Å². The van der Waals surface area contributed by atoms with Crippen LogP contribution in [-0.2, 0) is 5.41 Å². The lowest BCUT2D eigenvalue weighted by Gasteiger charge is -2.54. The van der Waals surface area contributed by atoms with E-state index < -0.39 is 0 Å². The van der Waals surface area contributed by atoms with Gasteiger partial charge in [-0.05, 0) is 67.1 Å².